The summed E-state index contributed by atoms with van der Waals surface area (Å²) in [6, 6.07) is 5.33. The van der Waals surface area contributed by atoms with Crippen LogP contribution in [0.5, 0.6) is 0 Å². The van der Waals surface area contributed by atoms with Gasteiger partial charge >= 0.3 is 0 Å². The Morgan fingerprint density at radius 3 is 2.74 bits per heavy atom. The van der Waals surface area contributed by atoms with Crippen LogP contribution < -0.4 is 5.73 Å². The van der Waals surface area contributed by atoms with E-state index in [4.69, 9.17) is 28.9 Å². The van der Waals surface area contributed by atoms with Gasteiger partial charge in [-0.25, -0.2) is 0 Å². The zero-order valence-corrected chi connectivity index (χ0v) is 14.6. The number of hydrogen-bond donors (Lipinski definition) is 1. The second kappa shape index (κ2) is 7.99. The zero-order chi connectivity index (χ0) is 17.0. The van der Waals surface area contributed by atoms with Crippen LogP contribution in [0.2, 0.25) is 10.0 Å². The fraction of sp³-hybridized carbons (Fsp3) is 0.500. The molecular weight excluding hydrogens is 337 g/mol. The molecule has 1 aromatic carbocycles. The Morgan fingerprint density at radius 2 is 2.09 bits per heavy atom. The number of amides is 2. The Labute approximate surface area is 146 Å². The van der Waals surface area contributed by atoms with E-state index in [1.807, 2.05) is 11.0 Å². The summed E-state index contributed by atoms with van der Waals surface area (Å²) < 4.78 is 0. The molecule has 0 unspecified atom stereocenters. The van der Waals surface area contributed by atoms with E-state index < -0.39 is 0 Å². The monoisotopic (exact) mass is 357 g/mol. The largest absolute Gasteiger partial charge is 0.369 e. The lowest BCUT2D eigenvalue weighted by atomic mass is 9.97. The summed E-state index contributed by atoms with van der Waals surface area (Å²) in [6.07, 6.45) is 1.69. The lowest BCUT2D eigenvalue weighted by molar-refractivity contribution is -0.133. The minimum atomic E-state index is -0.286. The molecule has 0 aromatic heterocycles. The number of rotatable bonds is 5. The minimum absolute atomic E-state index is 0.00110. The van der Waals surface area contributed by atoms with Crippen LogP contribution in [0.3, 0.4) is 0 Å². The maximum absolute atomic E-state index is 12.4. The highest BCUT2D eigenvalue weighted by molar-refractivity contribution is 6.42. The molecule has 5 nitrogen and oxygen atoms in total. The maximum Gasteiger partial charge on any atom is 0.236 e. The average molecular weight is 358 g/mol. The van der Waals surface area contributed by atoms with Gasteiger partial charge in [-0.3, -0.25) is 14.5 Å². The molecule has 7 heteroatoms. The molecule has 0 saturated carbocycles. The summed E-state index contributed by atoms with van der Waals surface area (Å²) in [7, 11) is 1.75. The molecule has 2 amide bonds. The van der Waals surface area contributed by atoms with E-state index in [-0.39, 0.29) is 17.7 Å². The molecule has 0 radical (unpaired) electrons. The van der Waals surface area contributed by atoms with Crippen molar-refractivity contribution in [2.75, 3.05) is 26.7 Å². The molecule has 1 aliphatic rings. The molecule has 126 valence electrons. The van der Waals surface area contributed by atoms with E-state index in [0.717, 1.165) is 24.9 Å². The van der Waals surface area contributed by atoms with Crippen LogP contribution in [0.4, 0.5) is 0 Å². The van der Waals surface area contributed by atoms with Gasteiger partial charge in [0.15, 0.2) is 0 Å². The quantitative estimate of drug-likeness (QED) is 0.877. The van der Waals surface area contributed by atoms with Gasteiger partial charge in [0, 0.05) is 20.1 Å². The predicted molar refractivity (Wildman–Crippen MR) is 91.3 cm³/mol. The van der Waals surface area contributed by atoms with Gasteiger partial charge in [-0.1, -0.05) is 29.3 Å². The summed E-state index contributed by atoms with van der Waals surface area (Å²) in [5.41, 5.74) is 6.28. The van der Waals surface area contributed by atoms with Crippen LogP contribution >= 0.6 is 23.2 Å². The number of halogens is 2. The van der Waals surface area contributed by atoms with Gasteiger partial charge in [0.2, 0.25) is 11.8 Å². The number of nitrogens with two attached hydrogens (primary N) is 1. The van der Waals surface area contributed by atoms with E-state index >= 15 is 0 Å². The van der Waals surface area contributed by atoms with Crippen LogP contribution in [0.25, 0.3) is 0 Å². The van der Waals surface area contributed by atoms with Crippen LogP contribution in [-0.4, -0.2) is 48.3 Å². The van der Waals surface area contributed by atoms with E-state index in [9.17, 15) is 9.59 Å². The molecular formula is C16H21Cl2N3O2. The summed E-state index contributed by atoms with van der Waals surface area (Å²) in [6.45, 7) is 2.13. The first-order chi connectivity index (χ1) is 10.9. The number of likely N-dealkylation sites (N-methyl/N-ethyl adjacent to an activating group) is 1. The number of piperidine rings is 1. The molecule has 1 aliphatic heterocycles. The summed E-state index contributed by atoms with van der Waals surface area (Å²) in [5.74, 6) is -0.440. The van der Waals surface area contributed by atoms with Crippen molar-refractivity contribution in [2.45, 2.75) is 19.4 Å². The third-order valence-electron chi connectivity index (χ3n) is 4.10. The number of carbonyl (C=O) groups is 2. The normalized spacial score (nSPS) is 18.7. The number of benzene rings is 1. The first kappa shape index (κ1) is 18.0. The van der Waals surface area contributed by atoms with Crippen molar-refractivity contribution in [3.8, 4) is 0 Å². The van der Waals surface area contributed by atoms with Crippen molar-refractivity contribution >= 4 is 35.0 Å². The highest BCUT2D eigenvalue weighted by Crippen LogP contribution is 2.23. The van der Waals surface area contributed by atoms with E-state index in [2.05, 4.69) is 0 Å². The van der Waals surface area contributed by atoms with Gasteiger partial charge in [-0.2, -0.15) is 0 Å². The molecule has 2 N–H and O–H groups in total. The Morgan fingerprint density at radius 1 is 1.35 bits per heavy atom. The first-order valence-corrected chi connectivity index (χ1v) is 8.32. The summed E-state index contributed by atoms with van der Waals surface area (Å²) in [5, 5.41) is 0.973. The van der Waals surface area contributed by atoms with E-state index in [1.165, 1.54) is 0 Å². The fourth-order valence-corrected chi connectivity index (χ4v) is 3.06. The van der Waals surface area contributed by atoms with Crippen LogP contribution in [0, 0.1) is 5.92 Å². The molecule has 1 saturated heterocycles. The van der Waals surface area contributed by atoms with Gasteiger partial charge in [-0.05, 0) is 37.1 Å². The Kier molecular flexibility index (Phi) is 6.27. The zero-order valence-electron chi connectivity index (χ0n) is 13.1. The SMILES string of the molecule is CN(Cc1ccc(Cl)c(Cl)c1)C(=O)CN1CCC[C@@H](C(N)=O)C1. The maximum atomic E-state index is 12.4. The van der Waals surface area contributed by atoms with Crippen molar-refractivity contribution in [3.05, 3.63) is 33.8 Å². The van der Waals surface area contributed by atoms with Crippen molar-refractivity contribution < 1.29 is 9.59 Å². The molecule has 0 bridgehead atoms. The molecule has 1 aromatic rings. The number of nitrogens with zero attached hydrogens (tertiary/aromatic N) is 2. The van der Waals surface area contributed by atoms with E-state index in [0.29, 0.717) is 29.7 Å². The summed E-state index contributed by atoms with van der Waals surface area (Å²) in [4.78, 5) is 27.3. The fourth-order valence-electron chi connectivity index (χ4n) is 2.74. The highest BCUT2D eigenvalue weighted by atomic mass is 35.5. The average Bonchev–Trinajstić information content (AvgIpc) is 2.51. The van der Waals surface area contributed by atoms with Gasteiger partial charge in [0.1, 0.15) is 0 Å². The Balaban J connectivity index is 1.89. The first-order valence-electron chi connectivity index (χ1n) is 7.56. The molecule has 1 heterocycles. The van der Waals surface area contributed by atoms with Gasteiger partial charge in [-0.15, -0.1) is 0 Å². The third-order valence-corrected chi connectivity index (χ3v) is 4.84. The number of hydrogen-bond acceptors (Lipinski definition) is 3. The standard InChI is InChI=1S/C16H21Cl2N3O2/c1-20(8-11-4-5-13(17)14(18)7-11)15(22)10-21-6-2-3-12(9-21)16(19)23/h4-5,7,12H,2-3,6,8-10H2,1H3,(H2,19,23)/t12-/m1/s1. The minimum Gasteiger partial charge on any atom is -0.369 e. The van der Waals surface area contributed by atoms with Crippen molar-refractivity contribution in [1.82, 2.24) is 9.80 Å². The van der Waals surface area contributed by atoms with Crippen molar-refractivity contribution in [3.63, 3.8) is 0 Å². The van der Waals surface area contributed by atoms with Crippen LogP contribution in [-0.2, 0) is 16.1 Å². The van der Waals surface area contributed by atoms with E-state index in [1.54, 1.807) is 24.1 Å². The predicted octanol–water partition coefficient (Wildman–Crippen LogP) is 2.15. The Bertz CT molecular complexity index is 595. The molecule has 1 atom stereocenters. The van der Waals surface area contributed by atoms with Crippen LogP contribution in [0.15, 0.2) is 18.2 Å². The molecule has 0 spiro atoms. The van der Waals surface area contributed by atoms with Gasteiger partial charge in [0.25, 0.3) is 0 Å². The molecule has 2 rings (SSSR count). The van der Waals surface area contributed by atoms with Crippen LogP contribution in [0.1, 0.15) is 18.4 Å². The second-order valence-electron chi connectivity index (χ2n) is 5.97. The lowest BCUT2D eigenvalue weighted by Crippen LogP contribution is -2.45. The third kappa shape index (κ3) is 5.09. The molecule has 23 heavy (non-hydrogen) atoms. The Hall–Kier alpha value is -1.30. The van der Waals surface area contributed by atoms with Crippen molar-refractivity contribution in [2.24, 2.45) is 11.7 Å². The number of carbonyl (C=O) groups excluding carboxylic acids is 2. The smallest absolute Gasteiger partial charge is 0.236 e. The second-order valence-corrected chi connectivity index (χ2v) is 6.79. The van der Waals surface area contributed by atoms with Gasteiger partial charge < -0.3 is 10.6 Å². The van der Waals surface area contributed by atoms with Gasteiger partial charge in [0.05, 0.1) is 22.5 Å². The molecule has 1 fully saturated rings. The highest BCUT2D eigenvalue weighted by Gasteiger charge is 2.25. The lowest BCUT2D eigenvalue weighted by Gasteiger charge is -2.31. The summed E-state index contributed by atoms with van der Waals surface area (Å²) >= 11 is 11.9. The topological polar surface area (TPSA) is 66.6 Å². The van der Waals surface area contributed by atoms with Crippen molar-refractivity contribution in [1.29, 1.82) is 0 Å². The number of primary amides is 1. The number of likely N-dealkylation sites (tertiary alicyclic amines) is 1. The molecule has 0 aliphatic carbocycles.